The van der Waals surface area contributed by atoms with E-state index < -0.39 is 0 Å². The molecule has 0 bridgehead atoms. The molecule has 3 N–H and O–H groups in total. The van der Waals surface area contributed by atoms with Gasteiger partial charge in [-0.1, -0.05) is 0 Å². The van der Waals surface area contributed by atoms with E-state index >= 15 is 0 Å². The molecule has 1 aromatic rings. The van der Waals surface area contributed by atoms with Gasteiger partial charge in [-0.2, -0.15) is 0 Å². The minimum Gasteiger partial charge on any atom is -0.330 e. The zero-order valence-corrected chi connectivity index (χ0v) is 11.7. The summed E-state index contributed by atoms with van der Waals surface area (Å²) in [5.74, 6) is 0. The zero-order valence-electron chi connectivity index (χ0n) is 9.35. The smallest absolute Gasteiger partial charge is 0.0701 e. The highest BCUT2D eigenvalue weighted by Crippen LogP contribution is 2.22. The minimum absolute atomic E-state index is 0.156. The van der Waals surface area contributed by atoms with Crippen LogP contribution in [0.15, 0.2) is 15.9 Å². The van der Waals surface area contributed by atoms with Crippen LogP contribution in [0, 0.1) is 0 Å². The maximum absolute atomic E-state index is 5.56. The van der Waals surface area contributed by atoms with Crippen LogP contribution in [0.2, 0.25) is 0 Å². The molecule has 2 nitrogen and oxygen atoms in total. The topological polar surface area (TPSA) is 38.0 Å². The number of halogens is 1. The van der Waals surface area contributed by atoms with Gasteiger partial charge in [0.15, 0.2) is 0 Å². The zero-order chi connectivity index (χ0) is 11.3. The van der Waals surface area contributed by atoms with Crippen LogP contribution in [0.4, 0.5) is 0 Å². The van der Waals surface area contributed by atoms with Crippen molar-refractivity contribution < 1.29 is 0 Å². The Morgan fingerprint density at radius 2 is 2.20 bits per heavy atom. The van der Waals surface area contributed by atoms with Gasteiger partial charge in [0.05, 0.1) is 3.79 Å². The van der Waals surface area contributed by atoms with Gasteiger partial charge in [0.1, 0.15) is 0 Å². The first-order valence-electron chi connectivity index (χ1n) is 5.23. The predicted octanol–water partition coefficient (Wildman–Crippen LogP) is 2.77. The quantitative estimate of drug-likeness (QED) is 0.846. The van der Waals surface area contributed by atoms with Crippen LogP contribution in [0.1, 0.15) is 25.1 Å². The molecule has 15 heavy (non-hydrogen) atoms. The molecule has 86 valence electrons. The molecule has 0 saturated carbocycles. The molecule has 0 aromatic carbocycles. The van der Waals surface area contributed by atoms with E-state index in [0.29, 0.717) is 0 Å². The Morgan fingerprint density at radius 1 is 1.47 bits per heavy atom. The van der Waals surface area contributed by atoms with Crippen molar-refractivity contribution in [2.24, 2.45) is 5.73 Å². The molecule has 1 aromatic heterocycles. The van der Waals surface area contributed by atoms with E-state index in [-0.39, 0.29) is 5.54 Å². The maximum Gasteiger partial charge on any atom is 0.0701 e. The predicted molar refractivity (Wildman–Crippen MR) is 71.5 cm³/mol. The van der Waals surface area contributed by atoms with E-state index in [1.165, 1.54) is 8.66 Å². The van der Waals surface area contributed by atoms with E-state index in [0.717, 1.165) is 25.9 Å². The molecule has 0 amide bonds. The second kappa shape index (κ2) is 5.99. The minimum atomic E-state index is 0.156. The highest BCUT2D eigenvalue weighted by Gasteiger charge is 2.14. The Kier molecular flexibility index (Phi) is 5.26. The molecule has 0 aliphatic heterocycles. The van der Waals surface area contributed by atoms with E-state index in [2.05, 4.69) is 47.2 Å². The standard InChI is InChI=1S/C11H19BrN2S/c1-11(2,6-7-13)14-8-5-9-3-4-10(12)15-9/h3-4,14H,5-8,13H2,1-2H3. The average molecular weight is 291 g/mol. The molecule has 0 aliphatic rings. The van der Waals surface area contributed by atoms with Crippen LogP contribution >= 0.6 is 27.3 Å². The summed E-state index contributed by atoms with van der Waals surface area (Å²) in [6.45, 7) is 6.15. The third-order valence-corrected chi connectivity index (χ3v) is 4.06. The van der Waals surface area contributed by atoms with Gasteiger partial charge in [0.2, 0.25) is 0 Å². The molecule has 0 radical (unpaired) electrons. The van der Waals surface area contributed by atoms with Crippen molar-refractivity contribution in [2.45, 2.75) is 32.2 Å². The summed E-state index contributed by atoms with van der Waals surface area (Å²) in [6, 6.07) is 4.28. The van der Waals surface area contributed by atoms with Crippen molar-refractivity contribution in [3.63, 3.8) is 0 Å². The molecule has 1 heterocycles. The lowest BCUT2D eigenvalue weighted by molar-refractivity contribution is 0.370. The Morgan fingerprint density at radius 3 is 2.73 bits per heavy atom. The SMILES string of the molecule is CC(C)(CCN)NCCc1ccc(Br)s1. The Hall–Kier alpha value is 0.1000. The second-order valence-corrected chi connectivity index (χ2v) is 6.85. The fourth-order valence-corrected chi connectivity index (χ4v) is 2.94. The van der Waals surface area contributed by atoms with Gasteiger partial charge in [0.25, 0.3) is 0 Å². The number of hydrogen-bond acceptors (Lipinski definition) is 3. The first-order chi connectivity index (χ1) is 7.03. The average Bonchev–Trinajstić information content (AvgIpc) is 2.51. The molecule has 4 heteroatoms. The number of nitrogens with one attached hydrogen (secondary N) is 1. The van der Waals surface area contributed by atoms with Crippen LogP contribution in [-0.2, 0) is 6.42 Å². The van der Waals surface area contributed by atoms with Gasteiger partial charge in [0, 0.05) is 17.0 Å². The third kappa shape index (κ3) is 5.11. The van der Waals surface area contributed by atoms with Crippen molar-refractivity contribution in [3.05, 3.63) is 20.8 Å². The van der Waals surface area contributed by atoms with Gasteiger partial charge in [-0.25, -0.2) is 0 Å². The van der Waals surface area contributed by atoms with Gasteiger partial charge in [-0.15, -0.1) is 11.3 Å². The molecular formula is C11H19BrN2S. The Balaban J connectivity index is 2.27. The van der Waals surface area contributed by atoms with Crippen molar-refractivity contribution in [1.29, 1.82) is 0 Å². The summed E-state index contributed by atoms with van der Waals surface area (Å²) in [6.07, 6.45) is 2.10. The number of hydrogen-bond donors (Lipinski definition) is 2. The lowest BCUT2D eigenvalue weighted by atomic mass is 10.0. The van der Waals surface area contributed by atoms with Crippen molar-refractivity contribution >= 4 is 27.3 Å². The lowest BCUT2D eigenvalue weighted by Crippen LogP contribution is -2.41. The summed E-state index contributed by atoms with van der Waals surface area (Å²) in [5, 5.41) is 3.53. The maximum atomic E-state index is 5.56. The van der Waals surface area contributed by atoms with Crippen LogP contribution < -0.4 is 11.1 Å². The number of nitrogens with two attached hydrogens (primary N) is 1. The van der Waals surface area contributed by atoms with Crippen LogP contribution in [0.3, 0.4) is 0 Å². The van der Waals surface area contributed by atoms with Gasteiger partial charge < -0.3 is 11.1 Å². The van der Waals surface area contributed by atoms with Gasteiger partial charge in [-0.3, -0.25) is 0 Å². The number of thiophene rings is 1. The second-order valence-electron chi connectivity index (χ2n) is 4.31. The fraction of sp³-hybridized carbons (Fsp3) is 0.636. The first kappa shape index (κ1) is 13.2. The molecular weight excluding hydrogens is 272 g/mol. The van der Waals surface area contributed by atoms with Crippen molar-refractivity contribution in [3.8, 4) is 0 Å². The van der Waals surface area contributed by atoms with Crippen LogP contribution in [-0.4, -0.2) is 18.6 Å². The summed E-state index contributed by atoms with van der Waals surface area (Å²) in [4.78, 5) is 1.41. The summed E-state index contributed by atoms with van der Waals surface area (Å²) >= 11 is 5.27. The van der Waals surface area contributed by atoms with Gasteiger partial charge in [-0.05, 0) is 61.3 Å². The Bertz CT molecular complexity index is 297. The van der Waals surface area contributed by atoms with Crippen LogP contribution in [0.5, 0.6) is 0 Å². The normalized spacial score (nSPS) is 12.0. The highest BCUT2D eigenvalue weighted by atomic mass is 79.9. The summed E-state index contributed by atoms with van der Waals surface area (Å²) in [7, 11) is 0. The van der Waals surface area contributed by atoms with Gasteiger partial charge >= 0.3 is 0 Å². The Labute approximate surface area is 104 Å². The third-order valence-electron chi connectivity index (χ3n) is 2.37. The van der Waals surface area contributed by atoms with E-state index in [9.17, 15) is 0 Å². The largest absolute Gasteiger partial charge is 0.330 e. The molecule has 0 spiro atoms. The monoisotopic (exact) mass is 290 g/mol. The van der Waals surface area contributed by atoms with Crippen molar-refractivity contribution in [2.75, 3.05) is 13.1 Å². The molecule has 1 rings (SSSR count). The first-order valence-corrected chi connectivity index (χ1v) is 6.84. The summed E-state index contributed by atoms with van der Waals surface area (Å²) in [5.41, 5.74) is 5.71. The highest BCUT2D eigenvalue weighted by molar-refractivity contribution is 9.11. The summed E-state index contributed by atoms with van der Waals surface area (Å²) < 4.78 is 1.21. The number of rotatable bonds is 6. The molecule has 0 fully saturated rings. The van der Waals surface area contributed by atoms with Crippen LogP contribution in [0.25, 0.3) is 0 Å². The van der Waals surface area contributed by atoms with E-state index in [4.69, 9.17) is 5.73 Å². The molecule has 0 saturated heterocycles. The fourth-order valence-electron chi connectivity index (χ4n) is 1.46. The van der Waals surface area contributed by atoms with Crippen molar-refractivity contribution in [1.82, 2.24) is 5.32 Å². The van der Waals surface area contributed by atoms with E-state index in [1.54, 1.807) is 11.3 Å². The van der Waals surface area contributed by atoms with E-state index in [1.807, 2.05) is 0 Å². The molecule has 0 atom stereocenters. The molecule has 0 aliphatic carbocycles. The molecule has 0 unspecified atom stereocenters. The lowest BCUT2D eigenvalue weighted by Gasteiger charge is -2.25.